The van der Waals surface area contributed by atoms with Crippen LogP contribution in [0.5, 0.6) is 23.3 Å². The minimum atomic E-state index is -1.11. The van der Waals surface area contributed by atoms with Crippen LogP contribution in [0.1, 0.15) is 36.1 Å². The molecule has 0 aliphatic carbocycles. The van der Waals surface area contributed by atoms with Gasteiger partial charge in [-0.05, 0) is 85.6 Å². The Kier molecular flexibility index (Phi) is 16.8. The smallest absolute Gasteiger partial charge is 0.354 e. The second-order valence-electron chi connectivity index (χ2n) is 16.9. The largest absolute Gasteiger partial charge is 0.481 e. The summed E-state index contributed by atoms with van der Waals surface area (Å²) < 4.78 is 20.6. The molecule has 0 radical (unpaired) electrons. The summed E-state index contributed by atoms with van der Waals surface area (Å²) in [5.74, 6) is -1.10. The highest BCUT2D eigenvalue weighted by Gasteiger charge is 2.21. The number of carbonyl (C=O) groups is 2. The molecule has 0 saturated carbocycles. The summed E-state index contributed by atoms with van der Waals surface area (Å²) >= 11 is 0. The normalized spacial score (nSPS) is 11.6. The third-order valence-corrected chi connectivity index (χ3v) is 11.1. The predicted octanol–water partition coefficient (Wildman–Crippen LogP) is 6.92. The molecule has 374 valence electrons. The number of aryl methyl sites for hydroxylation is 2. The standard InChI is InChI=1S/C27H27N5O5.C26H25N5O5/c1-18-7-9-20(10-8-18)17-31-25(30-26(34)32(27(31)35)16-19(2)24(33)36-3)29-21-11-13-22(14-12-21)37-23-6-4-5-15-28-23;1-17-6-8-19(9-7-17)16-30-24(29-25(34)31(26(30)35)15-18(2)23(32)33)28-20-10-12-21(13-11-20)36-22-5-3-4-14-27-22/h4-15,19H,16-17H2,1-3H3,(H,29,30,34);3-14,18H,15-16H2,1-2H3,(H,32,33)(H,28,29,34)/t19-;18-/m00/s1. The molecule has 8 rings (SSSR count). The maximum absolute atomic E-state index is 13.4. The lowest BCUT2D eigenvalue weighted by Crippen LogP contribution is -2.44. The van der Waals surface area contributed by atoms with Crippen LogP contribution in [-0.4, -0.2) is 62.4 Å². The molecule has 8 aromatic rings. The van der Waals surface area contributed by atoms with Crippen molar-refractivity contribution in [2.75, 3.05) is 17.7 Å². The van der Waals surface area contributed by atoms with Gasteiger partial charge in [-0.2, -0.15) is 9.97 Å². The number of esters is 1. The van der Waals surface area contributed by atoms with Gasteiger partial charge in [-0.15, -0.1) is 0 Å². The van der Waals surface area contributed by atoms with Gasteiger partial charge in [-0.25, -0.2) is 38.3 Å². The molecule has 0 fully saturated rings. The Morgan fingerprint density at radius 2 is 0.945 bits per heavy atom. The highest BCUT2D eigenvalue weighted by atomic mass is 16.5. The number of ether oxygens (including phenoxy) is 3. The Morgan fingerprint density at radius 1 is 0.548 bits per heavy atom. The molecule has 0 spiro atoms. The number of nitrogens with one attached hydrogen (secondary N) is 2. The molecule has 4 aromatic heterocycles. The fraction of sp³-hybridized carbons (Fsp3) is 0.208. The van der Waals surface area contributed by atoms with Crippen molar-refractivity contribution in [3.63, 3.8) is 0 Å². The van der Waals surface area contributed by atoms with Gasteiger partial charge in [0.1, 0.15) is 11.5 Å². The van der Waals surface area contributed by atoms with Gasteiger partial charge in [0.05, 0.1) is 32.0 Å². The molecule has 0 aliphatic heterocycles. The zero-order valence-corrected chi connectivity index (χ0v) is 40.5. The topological polar surface area (TPSA) is 246 Å². The lowest BCUT2D eigenvalue weighted by Gasteiger charge is -2.17. The molecule has 0 bridgehead atoms. The SMILES string of the molecule is COC(=O)[C@@H](C)Cn1c(=O)nc(Nc2ccc(Oc3ccccn3)cc2)n(Cc2ccc(C)cc2)c1=O.Cc1ccc(Cn2c(Nc3ccc(Oc4ccccn4)cc3)nc(=O)n(C[C@H](C)C(=O)O)c2=O)cc1. The number of nitrogens with zero attached hydrogens (tertiary/aromatic N) is 8. The van der Waals surface area contributed by atoms with E-state index >= 15 is 0 Å². The zero-order chi connectivity index (χ0) is 52.0. The van der Waals surface area contributed by atoms with Crippen molar-refractivity contribution in [2.24, 2.45) is 11.8 Å². The molecule has 0 unspecified atom stereocenters. The third-order valence-electron chi connectivity index (χ3n) is 11.1. The lowest BCUT2D eigenvalue weighted by molar-refractivity contribution is -0.145. The zero-order valence-electron chi connectivity index (χ0n) is 40.5. The summed E-state index contributed by atoms with van der Waals surface area (Å²) in [6.07, 6.45) is 3.27. The minimum Gasteiger partial charge on any atom is -0.481 e. The van der Waals surface area contributed by atoms with E-state index in [1.807, 2.05) is 74.5 Å². The van der Waals surface area contributed by atoms with E-state index in [1.54, 1.807) is 92.1 Å². The Bertz CT molecular complexity index is 3400. The van der Waals surface area contributed by atoms with Gasteiger partial charge in [0.25, 0.3) is 0 Å². The van der Waals surface area contributed by atoms with Crippen LogP contribution in [0.2, 0.25) is 0 Å². The molecule has 0 amide bonds. The van der Waals surface area contributed by atoms with Crippen LogP contribution in [0.25, 0.3) is 0 Å². The molecule has 20 nitrogen and oxygen atoms in total. The molecule has 4 heterocycles. The van der Waals surface area contributed by atoms with E-state index in [0.29, 0.717) is 34.6 Å². The first kappa shape index (κ1) is 51.4. The van der Waals surface area contributed by atoms with Crippen LogP contribution >= 0.6 is 0 Å². The van der Waals surface area contributed by atoms with Crippen LogP contribution in [0, 0.1) is 25.7 Å². The first-order valence-electron chi connectivity index (χ1n) is 22.9. The Hall–Kier alpha value is -9.46. The van der Waals surface area contributed by atoms with Gasteiger partial charge in [0, 0.05) is 49.0 Å². The maximum Gasteiger partial charge on any atom is 0.354 e. The number of methoxy groups -OCH3 is 1. The highest BCUT2D eigenvalue weighted by molar-refractivity contribution is 5.71. The number of aromatic nitrogens is 8. The number of rotatable bonds is 18. The summed E-state index contributed by atoms with van der Waals surface area (Å²) in [4.78, 5) is 92.0. The number of carbonyl (C=O) groups excluding carboxylic acids is 1. The number of hydrogen-bond donors (Lipinski definition) is 3. The van der Waals surface area contributed by atoms with E-state index in [4.69, 9.17) is 14.2 Å². The van der Waals surface area contributed by atoms with Crippen molar-refractivity contribution in [2.45, 2.75) is 53.9 Å². The number of anilines is 4. The number of hydrogen-bond acceptors (Lipinski definition) is 15. The van der Waals surface area contributed by atoms with Gasteiger partial charge >= 0.3 is 34.7 Å². The third kappa shape index (κ3) is 13.9. The van der Waals surface area contributed by atoms with Crippen molar-refractivity contribution in [3.05, 3.63) is 210 Å². The minimum absolute atomic E-state index is 0.0446. The van der Waals surface area contributed by atoms with Crippen LogP contribution in [-0.2, 0) is 40.5 Å². The van der Waals surface area contributed by atoms with Crippen molar-refractivity contribution in [1.82, 2.24) is 38.2 Å². The van der Waals surface area contributed by atoms with E-state index in [1.165, 1.54) is 23.2 Å². The van der Waals surface area contributed by atoms with E-state index in [0.717, 1.165) is 31.4 Å². The van der Waals surface area contributed by atoms with Crippen molar-refractivity contribution in [3.8, 4) is 23.3 Å². The van der Waals surface area contributed by atoms with Crippen LogP contribution in [0.3, 0.4) is 0 Å². The second kappa shape index (κ2) is 23.9. The van der Waals surface area contributed by atoms with E-state index < -0.39 is 46.5 Å². The lowest BCUT2D eigenvalue weighted by atomic mass is 10.1. The molecule has 20 heteroatoms. The molecule has 0 saturated heterocycles. The Labute approximate surface area is 417 Å². The first-order chi connectivity index (χ1) is 35.1. The molecule has 73 heavy (non-hydrogen) atoms. The van der Waals surface area contributed by atoms with Gasteiger partial charge in [0.15, 0.2) is 0 Å². The van der Waals surface area contributed by atoms with Crippen LogP contribution in [0.4, 0.5) is 23.3 Å². The monoisotopic (exact) mass is 988 g/mol. The number of benzene rings is 4. The van der Waals surface area contributed by atoms with Crippen LogP contribution < -0.4 is 42.9 Å². The summed E-state index contributed by atoms with van der Waals surface area (Å²) in [5.41, 5.74) is 2.15. The van der Waals surface area contributed by atoms with E-state index in [-0.39, 0.29) is 38.1 Å². The first-order valence-corrected chi connectivity index (χ1v) is 22.9. The quantitative estimate of drug-likeness (QED) is 0.0739. The summed E-state index contributed by atoms with van der Waals surface area (Å²) in [6, 6.07) is 39.8. The number of aliphatic carboxylic acids is 1. The summed E-state index contributed by atoms with van der Waals surface area (Å²) in [5, 5.41) is 15.3. The molecule has 2 atom stereocenters. The van der Waals surface area contributed by atoms with Gasteiger partial charge in [0.2, 0.25) is 23.7 Å². The average molecular weight is 989 g/mol. The van der Waals surface area contributed by atoms with Crippen molar-refractivity contribution >= 4 is 35.2 Å². The molecular weight excluding hydrogens is 937 g/mol. The summed E-state index contributed by atoms with van der Waals surface area (Å²) in [6.45, 7) is 6.82. The predicted molar refractivity (Wildman–Crippen MR) is 272 cm³/mol. The fourth-order valence-corrected chi connectivity index (χ4v) is 7.03. The molecular formula is C53H52N10O10. The number of carboxylic acids is 1. The van der Waals surface area contributed by atoms with Gasteiger partial charge in [-0.1, -0.05) is 85.6 Å². The molecule has 3 N–H and O–H groups in total. The second-order valence-corrected chi connectivity index (χ2v) is 16.9. The molecule has 4 aromatic carbocycles. The van der Waals surface area contributed by atoms with Crippen molar-refractivity contribution in [1.29, 1.82) is 0 Å². The average Bonchev–Trinajstić information content (AvgIpc) is 3.39. The number of pyridine rings is 2. The van der Waals surface area contributed by atoms with Gasteiger partial charge in [-0.3, -0.25) is 18.7 Å². The highest BCUT2D eigenvalue weighted by Crippen LogP contribution is 2.24. The van der Waals surface area contributed by atoms with E-state index in [2.05, 4.69) is 30.6 Å². The molecule has 0 aliphatic rings. The number of carboxylic acid groups (broad SMARTS) is 1. The fourth-order valence-electron chi connectivity index (χ4n) is 7.03. The Morgan fingerprint density at radius 3 is 1.30 bits per heavy atom. The maximum atomic E-state index is 13.4. The van der Waals surface area contributed by atoms with Crippen molar-refractivity contribution < 1.29 is 28.9 Å². The summed E-state index contributed by atoms with van der Waals surface area (Å²) in [7, 11) is 1.26. The van der Waals surface area contributed by atoms with E-state index in [9.17, 15) is 33.9 Å². The Balaban J connectivity index is 0.000000214. The van der Waals surface area contributed by atoms with Crippen LogP contribution in [0.15, 0.2) is 165 Å². The van der Waals surface area contributed by atoms with Gasteiger partial charge < -0.3 is 30.0 Å².